The zero-order valence-electron chi connectivity index (χ0n) is 18.9. The highest BCUT2D eigenvalue weighted by Gasteiger charge is 2.32. The molecule has 0 saturated carbocycles. The van der Waals surface area contributed by atoms with Gasteiger partial charge in [0.25, 0.3) is 10.0 Å². The molecule has 0 radical (unpaired) electrons. The first-order valence-corrected chi connectivity index (χ1v) is 11.7. The maximum absolute atomic E-state index is 13.7. The van der Waals surface area contributed by atoms with E-state index in [4.69, 9.17) is 4.74 Å². The molecule has 1 aromatic heterocycles. The number of nitrogens with zero attached hydrogens (tertiary/aromatic N) is 3. The summed E-state index contributed by atoms with van der Waals surface area (Å²) < 4.78 is 35.2. The number of methoxy groups -OCH3 is 1. The second-order valence-electron chi connectivity index (χ2n) is 7.39. The molecule has 0 spiro atoms. The van der Waals surface area contributed by atoms with Crippen LogP contribution >= 0.6 is 0 Å². The van der Waals surface area contributed by atoms with Crippen LogP contribution in [-0.2, 0) is 28.3 Å². The van der Waals surface area contributed by atoms with E-state index in [9.17, 15) is 13.2 Å². The highest BCUT2D eigenvalue weighted by Crippen LogP contribution is 2.29. The minimum absolute atomic E-state index is 0.0950. The average Bonchev–Trinajstić information content (AvgIpc) is 3.04. The summed E-state index contributed by atoms with van der Waals surface area (Å²) in [6.07, 6.45) is 0.741. The van der Waals surface area contributed by atoms with Crippen LogP contribution in [0.2, 0.25) is 0 Å². The van der Waals surface area contributed by atoms with E-state index in [1.54, 1.807) is 51.2 Å². The van der Waals surface area contributed by atoms with E-state index in [0.29, 0.717) is 28.5 Å². The Labute approximate surface area is 188 Å². The molecule has 0 bridgehead atoms. The smallest absolute Gasteiger partial charge is 0.268 e. The SMILES string of the molecule is CCc1ccccc1NC(=O)CN(c1ccc(OC)cc1)S(=O)(=O)c1c(C)nn(C)c1C. The minimum atomic E-state index is -4.07. The van der Waals surface area contributed by atoms with Crippen LogP contribution in [-0.4, -0.2) is 37.8 Å². The second-order valence-corrected chi connectivity index (χ2v) is 9.19. The van der Waals surface area contributed by atoms with Crippen LogP contribution in [0.25, 0.3) is 0 Å². The molecule has 0 saturated heterocycles. The van der Waals surface area contributed by atoms with Crippen LogP contribution in [0.1, 0.15) is 23.9 Å². The molecule has 0 unspecified atom stereocenters. The van der Waals surface area contributed by atoms with Crippen molar-refractivity contribution in [3.8, 4) is 5.75 Å². The maximum atomic E-state index is 13.7. The summed E-state index contributed by atoms with van der Waals surface area (Å²) >= 11 is 0. The minimum Gasteiger partial charge on any atom is -0.497 e. The van der Waals surface area contributed by atoms with Gasteiger partial charge < -0.3 is 10.1 Å². The molecule has 1 amide bonds. The number of amides is 1. The van der Waals surface area contributed by atoms with Gasteiger partial charge in [0.15, 0.2) is 0 Å². The summed E-state index contributed by atoms with van der Waals surface area (Å²) in [7, 11) is -0.849. The number of nitrogens with one attached hydrogen (secondary N) is 1. The average molecular weight is 457 g/mol. The lowest BCUT2D eigenvalue weighted by Gasteiger charge is -2.24. The predicted octanol–water partition coefficient (Wildman–Crippen LogP) is 3.44. The number of aryl methyl sites for hydroxylation is 3. The molecule has 1 heterocycles. The molecule has 8 nitrogen and oxygen atoms in total. The third-order valence-electron chi connectivity index (χ3n) is 5.31. The van der Waals surface area contributed by atoms with E-state index in [0.717, 1.165) is 16.3 Å². The molecule has 2 aromatic carbocycles. The van der Waals surface area contributed by atoms with Crippen LogP contribution < -0.4 is 14.4 Å². The fourth-order valence-electron chi connectivity index (χ4n) is 3.57. The van der Waals surface area contributed by atoms with Crippen molar-refractivity contribution in [1.29, 1.82) is 0 Å². The van der Waals surface area contributed by atoms with Gasteiger partial charge in [-0.05, 0) is 56.2 Å². The van der Waals surface area contributed by atoms with E-state index in [2.05, 4.69) is 10.4 Å². The van der Waals surface area contributed by atoms with Crippen LogP contribution in [0.3, 0.4) is 0 Å². The fourth-order valence-corrected chi connectivity index (χ4v) is 5.40. The van der Waals surface area contributed by atoms with Gasteiger partial charge in [-0.1, -0.05) is 25.1 Å². The molecule has 0 aliphatic rings. The molecule has 0 aliphatic heterocycles. The third-order valence-corrected chi connectivity index (χ3v) is 7.34. The van der Waals surface area contributed by atoms with Crippen LogP contribution in [0.4, 0.5) is 11.4 Å². The Morgan fingerprint density at radius 1 is 1.12 bits per heavy atom. The first kappa shape index (κ1) is 23.3. The predicted molar refractivity (Wildman–Crippen MR) is 125 cm³/mol. The van der Waals surface area contributed by atoms with E-state index < -0.39 is 15.9 Å². The van der Waals surface area contributed by atoms with Gasteiger partial charge in [-0.2, -0.15) is 5.10 Å². The van der Waals surface area contributed by atoms with Gasteiger partial charge in [-0.15, -0.1) is 0 Å². The normalized spacial score (nSPS) is 11.3. The number of ether oxygens (including phenoxy) is 1. The zero-order chi connectivity index (χ0) is 23.5. The summed E-state index contributed by atoms with van der Waals surface area (Å²) in [6, 6.07) is 14.0. The molecular weight excluding hydrogens is 428 g/mol. The van der Waals surface area contributed by atoms with E-state index in [-0.39, 0.29) is 11.4 Å². The maximum Gasteiger partial charge on any atom is 0.268 e. The van der Waals surface area contributed by atoms with E-state index >= 15 is 0 Å². The first-order chi connectivity index (χ1) is 15.2. The van der Waals surface area contributed by atoms with Gasteiger partial charge >= 0.3 is 0 Å². The third kappa shape index (κ3) is 4.62. The number of hydrogen-bond donors (Lipinski definition) is 1. The van der Waals surface area contributed by atoms with Crippen LogP contribution in [0.5, 0.6) is 5.75 Å². The zero-order valence-corrected chi connectivity index (χ0v) is 19.7. The lowest BCUT2D eigenvalue weighted by molar-refractivity contribution is -0.114. The van der Waals surface area contributed by atoms with Gasteiger partial charge in [-0.3, -0.25) is 13.8 Å². The summed E-state index contributed by atoms with van der Waals surface area (Å²) in [5.41, 5.74) is 2.87. The Morgan fingerprint density at radius 3 is 2.34 bits per heavy atom. The van der Waals surface area contributed by atoms with Gasteiger partial charge in [0.1, 0.15) is 17.2 Å². The highest BCUT2D eigenvalue weighted by atomic mass is 32.2. The molecule has 1 N–H and O–H groups in total. The monoisotopic (exact) mass is 456 g/mol. The Kier molecular flexibility index (Phi) is 6.88. The van der Waals surface area contributed by atoms with Crippen molar-refractivity contribution in [3.63, 3.8) is 0 Å². The van der Waals surface area contributed by atoms with Crippen molar-refractivity contribution in [2.45, 2.75) is 32.1 Å². The molecule has 0 fully saturated rings. The Bertz CT molecular complexity index is 1220. The van der Waals surface area contributed by atoms with E-state index in [1.807, 2.05) is 25.1 Å². The number of sulfonamides is 1. The van der Waals surface area contributed by atoms with Crippen molar-refractivity contribution in [3.05, 3.63) is 65.5 Å². The van der Waals surface area contributed by atoms with Crippen molar-refractivity contribution < 1.29 is 17.9 Å². The molecule has 170 valence electrons. The number of carbonyl (C=O) groups is 1. The molecule has 3 rings (SSSR count). The number of anilines is 2. The van der Waals surface area contributed by atoms with Crippen molar-refractivity contribution >= 4 is 27.3 Å². The van der Waals surface area contributed by atoms with Crippen LogP contribution in [0.15, 0.2) is 53.4 Å². The second kappa shape index (κ2) is 9.44. The van der Waals surface area contributed by atoms with Gasteiger partial charge in [-0.25, -0.2) is 8.42 Å². The summed E-state index contributed by atoms with van der Waals surface area (Å²) in [4.78, 5) is 13.1. The molecule has 0 atom stereocenters. The van der Waals surface area contributed by atoms with Crippen molar-refractivity contribution in [1.82, 2.24) is 9.78 Å². The summed E-state index contributed by atoms with van der Waals surface area (Å²) in [6.45, 7) is 4.94. The quantitative estimate of drug-likeness (QED) is 0.560. The molecule has 3 aromatic rings. The number of rotatable bonds is 8. The standard InChI is InChI=1S/C23H28N4O4S/c1-6-18-9-7-8-10-21(18)24-22(28)15-27(19-11-13-20(31-5)14-12-19)32(29,30)23-16(2)25-26(4)17(23)3/h7-14H,6,15H2,1-5H3,(H,24,28). The number of benzene rings is 2. The topological polar surface area (TPSA) is 93.5 Å². The van der Waals surface area contributed by atoms with Crippen molar-refractivity contribution in [2.75, 3.05) is 23.3 Å². The Morgan fingerprint density at radius 2 is 1.78 bits per heavy atom. The van der Waals surface area contributed by atoms with Crippen molar-refractivity contribution in [2.24, 2.45) is 7.05 Å². The Balaban J connectivity index is 2.01. The molecule has 9 heteroatoms. The van der Waals surface area contributed by atoms with Gasteiger partial charge in [0, 0.05) is 12.7 Å². The number of hydrogen-bond acceptors (Lipinski definition) is 5. The molecular formula is C23H28N4O4S. The number of carbonyl (C=O) groups excluding carboxylic acids is 1. The number of aromatic nitrogens is 2. The van der Waals surface area contributed by atoms with Gasteiger partial charge in [0.05, 0.1) is 24.2 Å². The number of para-hydroxylation sites is 1. The molecule has 32 heavy (non-hydrogen) atoms. The van der Waals surface area contributed by atoms with Crippen LogP contribution in [0, 0.1) is 13.8 Å². The summed E-state index contributed by atoms with van der Waals surface area (Å²) in [5, 5.41) is 7.09. The Hall–Kier alpha value is -3.33. The lowest BCUT2D eigenvalue weighted by atomic mass is 10.1. The summed E-state index contributed by atoms with van der Waals surface area (Å²) in [5.74, 6) is 0.144. The van der Waals surface area contributed by atoms with E-state index in [1.165, 1.54) is 11.8 Å². The molecule has 0 aliphatic carbocycles. The van der Waals surface area contributed by atoms with Gasteiger partial charge in [0.2, 0.25) is 5.91 Å². The highest BCUT2D eigenvalue weighted by molar-refractivity contribution is 7.93. The largest absolute Gasteiger partial charge is 0.497 e. The first-order valence-electron chi connectivity index (χ1n) is 10.2. The lowest BCUT2D eigenvalue weighted by Crippen LogP contribution is -2.38. The fraction of sp³-hybridized carbons (Fsp3) is 0.304.